The summed E-state index contributed by atoms with van der Waals surface area (Å²) >= 11 is 0. The fourth-order valence-electron chi connectivity index (χ4n) is 3.16. The Kier molecular flexibility index (Phi) is 11.8. The molecular formula is C23H35N5O8. The molecule has 0 saturated heterocycles. The molecule has 0 heterocycles. The molecule has 1 aromatic carbocycles. The van der Waals surface area contributed by atoms with E-state index in [1.165, 1.54) is 31.2 Å². The number of phenols is 1. The molecule has 0 aliphatic rings. The predicted molar refractivity (Wildman–Crippen MR) is 128 cm³/mol. The summed E-state index contributed by atoms with van der Waals surface area (Å²) in [5.41, 5.74) is 11.3. The van der Waals surface area contributed by atoms with Crippen LogP contribution in [0.5, 0.6) is 5.75 Å². The topological polar surface area (TPSA) is 234 Å². The highest BCUT2D eigenvalue weighted by Crippen LogP contribution is 2.13. The third kappa shape index (κ3) is 9.88. The molecule has 36 heavy (non-hydrogen) atoms. The highest BCUT2D eigenvalue weighted by atomic mass is 16.4. The van der Waals surface area contributed by atoms with Gasteiger partial charge in [0.1, 0.15) is 29.9 Å². The van der Waals surface area contributed by atoms with Gasteiger partial charge < -0.3 is 42.7 Å². The van der Waals surface area contributed by atoms with Crippen molar-refractivity contribution in [2.45, 2.75) is 70.3 Å². The molecule has 0 saturated carbocycles. The Morgan fingerprint density at radius 2 is 1.44 bits per heavy atom. The largest absolute Gasteiger partial charge is 0.508 e. The minimum Gasteiger partial charge on any atom is -0.508 e. The summed E-state index contributed by atoms with van der Waals surface area (Å²) < 4.78 is 0. The second kappa shape index (κ2) is 14.0. The number of aliphatic carboxylic acids is 1. The highest BCUT2D eigenvalue weighted by molar-refractivity contribution is 5.94. The van der Waals surface area contributed by atoms with E-state index >= 15 is 0 Å². The van der Waals surface area contributed by atoms with Crippen LogP contribution in [0.15, 0.2) is 24.3 Å². The molecular weight excluding hydrogens is 474 g/mol. The normalized spacial score (nSPS) is 15.2. The van der Waals surface area contributed by atoms with Gasteiger partial charge in [-0.05, 0) is 37.0 Å². The number of aliphatic hydroxyl groups is 1. The Bertz CT molecular complexity index is 935. The summed E-state index contributed by atoms with van der Waals surface area (Å²) in [6.07, 6.45) is -1.77. The number of aromatic hydroxyl groups is 1. The number of carboxylic acids is 1. The van der Waals surface area contributed by atoms with E-state index in [0.29, 0.717) is 5.56 Å². The number of primary amides is 1. The lowest BCUT2D eigenvalue weighted by Crippen LogP contribution is -2.59. The molecule has 10 N–H and O–H groups in total. The molecule has 4 amide bonds. The summed E-state index contributed by atoms with van der Waals surface area (Å²) in [6.45, 7) is 4.62. The fourth-order valence-corrected chi connectivity index (χ4v) is 3.16. The van der Waals surface area contributed by atoms with Crippen LogP contribution in [0, 0.1) is 5.92 Å². The number of hydrogen-bond acceptors (Lipinski definition) is 8. The van der Waals surface area contributed by atoms with Gasteiger partial charge in [-0.25, -0.2) is 4.79 Å². The van der Waals surface area contributed by atoms with Crippen molar-refractivity contribution in [3.05, 3.63) is 29.8 Å². The first-order valence-electron chi connectivity index (χ1n) is 11.4. The number of rotatable bonds is 14. The average Bonchev–Trinajstić information content (AvgIpc) is 2.79. The van der Waals surface area contributed by atoms with Crippen LogP contribution in [-0.4, -0.2) is 75.2 Å². The smallest absolute Gasteiger partial charge is 0.326 e. The third-order valence-corrected chi connectivity index (χ3v) is 5.37. The number of phenolic OH excluding ortho intramolecular Hbond substituents is 1. The number of aliphatic hydroxyl groups excluding tert-OH is 1. The van der Waals surface area contributed by atoms with E-state index in [1.807, 2.05) is 0 Å². The molecule has 200 valence electrons. The van der Waals surface area contributed by atoms with E-state index in [9.17, 15) is 39.3 Å². The first kappa shape index (κ1) is 30.3. The average molecular weight is 510 g/mol. The van der Waals surface area contributed by atoms with Crippen molar-refractivity contribution in [1.29, 1.82) is 0 Å². The Balaban J connectivity index is 3.14. The van der Waals surface area contributed by atoms with Crippen molar-refractivity contribution in [1.82, 2.24) is 16.0 Å². The Morgan fingerprint density at radius 1 is 0.889 bits per heavy atom. The van der Waals surface area contributed by atoms with Gasteiger partial charge in [0.25, 0.3) is 0 Å². The van der Waals surface area contributed by atoms with Crippen LogP contribution < -0.4 is 27.4 Å². The van der Waals surface area contributed by atoms with Crippen LogP contribution in [0.25, 0.3) is 0 Å². The molecule has 13 nitrogen and oxygen atoms in total. The van der Waals surface area contributed by atoms with Crippen molar-refractivity contribution in [3.63, 3.8) is 0 Å². The molecule has 1 rings (SSSR count). The quantitative estimate of drug-likeness (QED) is 0.140. The number of carbonyl (C=O) groups excluding carboxylic acids is 4. The predicted octanol–water partition coefficient (Wildman–Crippen LogP) is -1.90. The Labute approximate surface area is 208 Å². The maximum atomic E-state index is 13.1. The third-order valence-electron chi connectivity index (χ3n) is 5.37. The molecule has 0 bridgehead atoms. The number of carbonyl (C=O) groups is 5. The molecule has 0 fully saturated rings. The monoisotopic (exact) mass is 509 g/mol. The zero-order valence-electron chi connectivity index (χ0n) is 20.4. The lowest BCUT2D eigenvalue weighted by atomic mass is 10.00. The van der Waals surface area contributed by atoms with Gasteiger partial charge in [-0.1, -0.05) is 26.0 Å². The van der Waals surface area contributed by atoms with Crippen LogP contribution >= 0.6 is 0 Å². The SMILES string of the molecule is CC(C)C(NC(=O)C(N)C(C)O)C(=O)NC(Cc1ccc(O)cc1)C(=O)NC(CCC(N)=O)C(=O)O. The first-order valence-corrected chi connectivity index (χ1v) is 11.4. The maximum Gasteiger partial charge on any atom is 0.326 e. The molecule has 5 unspecified atom stereocenters. The molecule has 0 aliphatic heterocycles. The van der Waals surface area contributed by atoms with E-state index < -0.39 is 65.8 Å². The minimum absolute atomic E-state index is 0.0155. The van der Waals surface area contributed by atoms with Gasteiger partial charge in [-0.3, -0.25) is 19.2 Å². The number of hydrogen-bond donors (Lipinski definition) is 8. The van der Waals surface area contributed by atoms with E-state index in [0.717, 1.165) is 0 Å². The zero-order chi connectivity index (χ0) is 27.6. The molecule has 13 heteroatoms. The van der Waals surface area contributed by atoms with Gasteiger partial charge in [0, 0.05) is 12.8 Å². The second-order valence-electron chi connectivity index (χ2n) is 8.83. The van der Waals surface area contributed by atoms with Crippen LogP contribution in [0.3, 0.4) is 0 Å². The summed E-state index contributed by atoms with van der Waals surface area (Å²) in [5.74, 6) is -4.93. The summed E-state index contributed by atoms with van der Waals surface area (Å²) in [4.78, 5) is 61.0. The maximum absolute atomic E-state index is 13.1. The van der Waals surface area contributed by atoms with Crippen LogP contribution in [-0.2, 0) is 30.4 Å². The van der Waals surface area contributed by atoms with Crippen molar-refractivity contribution >= 4 is 29.6 Å². The fraction of sp³-hybridized carbons (Fsp3) is 0.522. The van der Waals surface area contributed by atoms with Crippen molar-refractivity contribution in [3.8, 4) is 5.75 Å². The molecule has 0 aliphatic carbocycles. The Morgan fingerprint density at radius 3 is 1.92 bits per heavy atom. The van der Waals surface area contributed by atoms with Gasteiger partial charge in [0.2, 0.25) is 23.6 Å². The lowest BCUT2D eigenvalue weighted by molar-refractivity contribution is -0.142. The molecule has 0 spiro atoms. The zero-order valence-corrected chi connectivity index (χ0v) is 20.4. The second-order valence-corrected chi connectivity index (χ2v) is 8.83. The molecule has 5 atom stereocenters. The van der Waals surface area contributed by atoms with Crippen LogP contribution in [0.2, 0.25) is 0 Å². The summed E-state index contributed by atoms with van der Waals surface area (Å²) in [5, 5.41) is 35.8. The van der Waals surface area contributed by atoms with E-state index in [-0.39, 0.29) is 25.0 Å². The number of benzene rings is 1. The standard InChI is InChI=1S/C23H35N5O8/c1-11(2)19(28-21(33)18(25)12(3)29)22(34)27-16(10-13-4-6-14(30)7-5-13)20(32)26-15(23(35)36)8-9-17(24)31/h4-7,11-12,15-16,18-19,29-30H,8-10,25H2,1-3H3,(H2,24,31)(H,26,32)(H,27,34)(H,28,33)(H,35,36). The molecule has 0 aromatic heterocycles. The lowest BCUT2D eigenvalue weighted by Gasteiger charge is -2.27. The van der Waals surface area contributed by atoms with Crippen molar-refractivity contribution in [2.24, 2.45) is 17.4 Å². The van der Waals surface area contributed by atoms with Gasteiger partial charge >= 0.3 is 5.97 Å². The van der Waals surface area contributed by atoms with Gasteiger partial charge in [-0.2, -0.15) is 0 Å². The van der Waals surface area contributed by atoms with Crippen molar-refractivity contribution in [2.75, 3.05) is 0 Å². The van der Waals surface area contributed by atoms with E-state index in [4.69, 9.17) is 11.5 Å². The minimum atomic E-state index is -1.44. The summed E-state index contributed by atoms with van der Waals surface area (Å²) in [6, 6.07) is 0.690. The number of amides is 4. The number of nitrogens with two attached hydrogens (primary N) is 2. The van der Waals surface area contributed by atoms with E-state index in [1.54, 1.807) is 13.8 Å². The van der Waals surface area contributed by atoms with Crippen LogP contribution in [0.4, 0.5) is 0 Å². The molecule has 1 aromatic rings. The van der Waals surface area contributed by atoms with Gasteiger partial charge in [-0.15, -0.1) is 0 Å². The van der Waals surface area contributed by atoms with E-state index in [2.05, 4.69) is 16.0 Å². The molecule has 0 radical (unpaired) electrons. The number of carboxylic acid groups (broad SMARTS) is 1. The first-order chi connectivity index (χ1) is 16.7. The highest BCUT2D eigenvalue weighted by Gasteiger charge is 2.32. The Hall–Kier alpha value is -3.71. The number of nitrogens with one attached hydrogen (secondary N) is 3. The van der Waals surface area contributed by atoms with Crippen molar-refractivity contribution < 1.29 is 39.3 Å². The summed E-state index contributed by atoms with van der Waals surface area (Å²) in [7, 11) is 0. The van der Waals surface area contributed by atoms with Gasteiger partial charge in [0.15, 0.2) is 0 Å². The van der Waals surface area contributed by atoms with Crippen LogP contribution in [0.1, 0.15) is 39.2 Å². The van der Waals surface area contributed by atoms with Gasteiger partial charge in [0.05, 0.1) is 6.10 Å².